The topological polar surface area (TPSA) is 24.9 Å². The van der Waals surface area contributed by atoms with Gasteiger partial charge in [0.1, 0.15) is 0 Å². The molecule has 1 saturated carbocycles. The molecule has 1 fully saturated rings. The molecule has 1 heterocycles. The maximum absolute atomic E-state index is 5.97. The molecule has 2 unspecified atom stereocenters. The molecule has 0 saturated heterocycles. The van der Waals surface area contributed by atoms with Crippen molar-refractivity contribution in [1.82, 2.24) is 4.98 Å². The van der Waals surface area contributed by atoms with E-state index in [2.05, 4.69) is 17.2 Å². The molecule has 2 rings (SSSR count). The van der Waals surface area contributed by atoms with Crippen molar-refractivity contribution >= 4 is 17.3 Å². The van der Waals surface area contributed by atoms with E-state index in [0.717, 1.165) is 11.6 Å². The highest BCUT2D eigenvalue weighted by molar-refractivity contribution is 6.31. The van der Waals surface area contributed by atoms with Gasteiger partial charge in [0.15, 0.2) is 5.15 Å². The summed E-state index contributed by atoms with van der Waals surface area (Å²) in [5, 5.41) is 4.02. The van der Waals surface area contributed by atoms with E-state index in [0.29, 0.717) is 11.2 Å². The molecular weight excluding hydrogens is 196 g/mol. The maximum Gasteiger partial charge on any atom is 0.152 e. The Morgan fingerprint density at radius 3 is 3.00 bits per heavy atom. The van der Waals surface area contributed by atoms with Gasteiger partial charge in [-0.2, -0.15) is 0 Å². The number of pyridine rings is 1. The normalized spacial score (nSPS) is 26.4. The van der Waals surface area contributed by atoms with Gasteiger partial charge in [-0.05, 0) is 37.3 Å². The Balaban J connectivity index is 2.01. The lowest BCUT2D eigenvalue weighted by Gasteiger charge is -2.14. The molecule has 0 aromatic carbocycles. The minimum atomic E-state index is 0.576. The van der Waals surface area contributed by atoms with Crippen LogP contribution in [0.5, 0.6) is 0 Å². The zero-order valence-electron chi connectivity index (χ0n) is 8.33. The second-order valence-corrected chi connectivity index (χ2v) is 4.46. The maximum atomic E-state index is 5.97. The van der Waals surface area contributed by atoms with Gasteiger partial charge < -0.3 is 5.32 Å². The zero-order valence-corrected chi connectivity index (χ0v) is 9.09. The fourth-order valence-electron chi connectivity index (χ4n) is 2.05. The molecule has 2 nitrogen and oxygen atoms in total. The molecule has 0 aliphatic heterocycles. The third kappa shape index (κ3) is 2.18. The summed E-state index contributed by atoms with van der Waals surface area (Å²) in [6, 6.07) is 4.47. The number of halogens is 1. The molecule has 1 N–H and O–H groups in total. The summed E-state index contributed by atoms with van der Waals surface area (Å²) in [5.74, 6) is 0.836. The van der Waals surface area contributed by atoms with Crippen LogP contribution in [0, 0.1) is 5.92 Å². The lowest BCUT2D eigenvalue weighted by molar-refractivity contribution is 0.602. The second kappa shape index (κ2) is 4.18. The van der Waals surface area contributed by atoms with E-state index in [4.69, 9.17) is 11.6 Å². The molecule has 1 aromatic rings. The van der Waals surface area contributed by atoms with E-state index in [-0.39, 0.29) is 0 Å². The van der Waals surface area contributed by atoms with Crippen molar-refractivity contribution in [3.8, 4) is 0 Å². The Hall–Kier alpha value is -0.760. The first-order valence-electron chi connectivity index (χ1n) is 5.13. The summed E-state index contributed by atoms with van der Waals surface area (Å²) in [4.78, 5) is 4.04. The van der Waals surface area contributed by atoms with Gasteiger partial charge in [0.05, 0.1) is 5.69 Å². The van der Waals surface area contributed by atoms with Crippen LogP contribution in [0.4, 0.5) is 5.69 Å². The van der Waals surface area contributed by atoms with Crippen LogP contribution >= 0.6 is 11.6 Å². The molecule has 1 aliphatic rings. The number of nitrogens with one attached hydrogen (secondary N) is 1. The first kappa shape index (κ1) is 9.78. The largest absolute Gasteiger partial charge is 0.380 e. The average Bonchev–Trinajstić information content (AvgIpc) is 2.56. The quantitative estimate of drug-likeness (QED) is 0.758. The summed E-state index contributed by atoms with van der Waals surface area (Å²) in [6.45, 7) is 2.30. The summed E-state index contributed by atoms with van der Waals surface area (Å²) in [7, 11) is 0. The van der Waals surface area contributed by atoms with Crippen molar-refractivity contribution in [1.29, 1.82) is 0 Å². The number of hydrogen-bond acceptors (Lipinski definition) is 2. The highest BCUT2D eigenvalue weighted by atomic mass is 35.5. The van der Waals surface area contributed by atoms with Crippen LogP contribution in [0.2, 0.25) is 5.15 Å². The number of hydrogen-bond donors (Lipinski definition) is 1. The average molecular weight is 211 g/mol. The van der Waals surface area contributed by atoms with Crippen LogP contribution < -0.4 is 5.32 Å². The standard InChI is InChI=1S/C11H15ClN2/c1-8-4-5-9(7-8)14-10-3-2-6-13-11(10)12/h2-3,6,8-9,14H,4-5,7H2,1H3. The van der Waals surface area contributed by atoms with Crippen molar-refractivity contribution < 1.29 is 0 Å². The molecule has 14 heavy (non-hydrogen) atoms. The van der Waals surface area contributed by atoms with E-state index >= 15 is 0 Å². The number of nitrogens with zero attached hydrogens (tertiary/aromatic N) is 1. The minimum Gasteiger partial charge on any atom is -0.380 e. The molecule has 0 spiro atoms. The van der Waals surface area contributed by atoms with E-state index in [1.165, 1.54) is 19.3 Å². The van der Waals surface area contributed by atoms with Crippen LogP contribution in [-0.4, -0.2) is 11.0 Å². The molecule has 1 aromatic heterocycles. The smallest absolute Gasteiger partial charge is 0.152 e. The van der Waals surface area contributed by atoms with Gasteiger partial charge in [-0.25, -0.2) is 4.98 Å². The highest BCUT2D eigenvalue weighted by Crippen LogP contribution is 2.29. The zero-order chi connectivity index (χ0) is 9.97. The fraction of sp³-hybridized carbons (Fsp3) is 0.545. The Morgan fingerprint density at radius 1 is 1.50 bits per heavy atom. The number of rotatable bonds is 2. The third-order valence-corrected chi connectivity index (χ3v) is 3.11. The van der Waals surface area contributed by atoms with Crippen LogP contribution in [0.3, 0.4) is 0 Å². The van der Waals surface area contributed by atoms with Crippen molar-refractivity contribution in [2.75, 3.05) is 5.32 Å². The van der Waals surface area contributed by atoms with Gasteiger partial charge in [0.25, 0.3) is 0 Å². The number of anilines is 1. The van der Waals surface area contributed by atoms with Gasteiger partial charge in [0, 0.05) is 12.2 Å². The predicted octanol–water partition coefficient (Wildman–Crippen LogP) is 3.34. The SMILES string of the molecule is CC1CCC(Nc2cccnc2Cl)C1. The van der Waals surface area contributed by atoms with Gasteiger partial charge >= 0.3 is 0 Å². The molecule has 0 bridgehead atoms. The fourth-order valence-corrected chi connectivity index (χ4v) is 2.23. The minimum absolute atomic E-state index is 0.576. The lowest BCUT2D eigenvalue weighted by Crippen LogP contribution is -2.15. The van der Waals surface area contributed by atoms with Gasteiger partial charge in [-0.1, -0.05) is 18.5 Å². The van der Waals surface area contributed by atoms with Gasteiger partial charge in [-0.3, -0.25) is 0 Å². The third-order valence-electron chi connectivity index (χ3n) is 2.81. The summed E-state index contributed by atoms with van der Waals surface area (Å²) in [6.07, 6.45) is 5.51. The van der Waals surface area contributed by atoms with E-state index in [1.54, 1.807) is 6.20 Å². The lowest BCUT2D eigenvalue weighted by atomic mass is 10.1. The van der Waals surface area contributed by atoms with E-state index < -0.39 is 0 Å². The summed E-state index contributed by atoms with van der Waals surface area (Å²) < 4.78 is 0. The van der Waals surface area contributed by atoms with Gasteiger partial charge in [-0.15, -0.1) is 0 Å². The van der Waals surface area contributed by atoms with E-state index in [1.807, 2.05) is 12.1 Å². The Kier molecular flexibility index (Phi) is 2.92. The van der Waals surface area contributed by atoms with E-state index in [9.17, 15) is 0 Å². The van der Waals surface area contributed by atoms with Crippen LogP contribution in [-0.2, 0) is 0 Å². The molecule has 2 atom stereocenters. The Morgan fingerprint density at radius 2 is 2.36 bits per heavy atom. The highest BCUT2D eigenvalue weighted by Gasteiger charge is 2.21. The first-order valence-corrected chi connectivity index (χ1v) is 5.50. The summed E-state index contributed by atoms with van der Waals surface area (Å²) in [5.41, 5.74) is 0.966. The monoisotopic (exact) mass is 210 g/mol. The molecule has 0 radical (unpaired) electrons. The van der Waals surface area contributed by atoms with Crippen LogP contribution in [0.1, 0.15) is 26.2 Å². The van der Waals surface area contributed by atoms with Gasteiger partial charge in [0.2, 0.25) is 0 Å². The van der Waals surface area contributed by atoms with Crippen LogP contribution in [0.15, 0.2) is 18.3 Å². The first-order chi connectivity index (χ1) is 6.75. The van der Waals surface area contributed by atoms with Crippen molar-refractivity contribution in [2.24, 2.45) is 5.92 Å². The molecule has 1 aliphatic carbocycles. The van der Waals surface area contributed by atoms with Crippen molar-refractivity contribution in [3.05, 3.63) is 23.5 Å². The predicted molar refractivity (Wildman–Crippen MR) is 59.7 cm³/mol. The van der Waals surface area contributed by atoms with Crippen LogP contribution in [0.25, 0.3) is 0 Å². The molecule has 0 amide bonds. The number of aromatic nitrogens is 1. The Labute approximate surface area is 89.7 Å². The molecular formula is C11H15ClN2. The van der Waals surface area contributed by atoms with Crippen molar-refractivity contribution in [2.45, 2.75) is 32.2 Å². The Bertz CT molecular complexity index is 314. The summed E-state index contributed by atoms with van der Waals surface area (Å²) >= 11 is 5.97. The molecule has 3 heteroatoms. The second-order valence-electron chi connectivity index (χ2n) is 4.10. The molecule has 76 valence electrons. The van der Waals surface area contributed by atoms with Crippen molar-refractivity contribution in [3.63, 3.8) is 0 Å².